The smallest absolute Gasteiger partial charge is 0.131 e. The van der Waals surface area contributed by atoms with Gasteiger partial charge in [0.2, 0.25) is 0 Å². The molecule has 2 rings (SSSR count). The SMILES string of the molecule is CC1(C)CCC(NCC(O)c2ccc(F)cc2F)CC1. The summed E-state index contributed by atoms with van der Waals surface area (Å²) < 4.78 is 26.4. The third-order valence-electron chi connectivity index (χ3n) is 4.26. The molecule has 0 heterocycles. The molecule has 20 heavy (non-hydrogen) atoms. The van der Waals surface area contributed by atoms with Crippen LogP contribution in [0.25, 0.3) is 0 Å². The van der Waals surface area contributed by atoms with Crippen molar-refractivity contribution < 1.29 is 13.9 Å². The third-order valence-corrected chi connectivity index (χ3v) is 4.26. The second-order valence-electron chi connectivity index (χ2n) is 6.53. The predicted octanol–water partition coefficient (Wildman–Crippen LogP) is 3.56. The molecule has 1 saturated carbocycles. The maximum absolute atomic E-state index is 13.5. The zero-order valence-electron chi connectivity index (χ0n) is 12.1. The summed E-state index contributed by atoms with van der Waals surface area (Å²) in [5.41, 5.74) is 0.551. The van der Waals surface area contributed by atoms with Crippen LogP contribution in [0.4, 0.5) is 8.78 Å². The highest BCUT2D eigenvalue weighted by Crippen LogP contribution is 2.35. The van der Waals surface area contributed by atoms with E-state index in [9.17, 15) is 13.9 Å². The van der Waals surface area contributed by atoms with Crippen molar-refractivity contribution in [3.63, 3.8) is 0 Å². The van der Waals surface area contributed by atoms with Gasteiger partial charge >= 0.3 is 0 Å². The molecule has 1 unspecified atom stereocenters. The lowest BCUT2D eigenvalue weighted by atomic mass is 9.75. The van der Waals surface area contributed by atoms with Crippen molar-refractivity contribution in [2.75, 3.05) is 6.54 Å². The highest BCUT2D eigenvalue weighted by Gasteiger charge is 2.27. The Morgan fingerprint density at radius 1 is 1.30 bits per heavy atom. The summed E-state index contributed by atoms with van der Waals surface area (Å²) in [6.45, 7) is 4.84. The number of rotatable bonds is 4. The summed E-state index contributed by atoms with van der Waals surface area (Å²) in [6, 6.07) is 3.66. The van der Waals surface area contributed by atoms with Crippen molar-refractivity contribution in [3.05, 3.63) is 35.4 Å². The zero-order valence-corrected chi connectivity index (χ0v) is 12.1. The first-order chi connectivity index (χ1) is 9.37. The molecule has 0 spiro atoms. The van der Waals surface area contributed by atoms with Crippen molar-refractivity contribution in [2.24, 2.45) is 5.41 Å². The van der Waals surface area contributed by atoms with Gasteiger partial charge in [0, 0.05) is 24.2 Å². The van der Waals surface area contributed by atoms with E-state index >= 15 is 0 Å². The predicted molar refractivity (Wildman–Crippen MR) is 75.4 cm³/mol. The van der Waals surface area contributed by atoms with Gasteiger partial charge in [-0.1, -0.05) is 19.9 Å². The van der Waals surface area contributed by atoms with Crippen LogP contribution in [0.15, 0.2) is 18.2 Å². The van der Waals surface area contributed by atoms with Gasteiger partial charge in [0.25, 0.3) is 0 Å². The van der Waals surface area contributed by atoms with Crippen molar-refractivity contribution in [3.8, 4) is 0 Å². The normalized spacial score (nSPS) is 20.9. The molecule has 1 atom stereocenters. The van der Waals surface area contributed by atoms with E-state index < -0.39 is 17.7 Å². The van der Waals surface area contributed by atoms with Crippen LogP contribution in [0.2, 0.25) is 0 Å². The molecule has 0 aliphatic heterocycles. The molecule has 0 aromatic heterocycles. The molecule has 4 heteroatoms. The van der Waals surface area contributed by atoms with Crippen LogP contribution in [0.5, 0.6) is 0 Å². The van der Waals surface area contributed by atoms with Gasteiger partial charge in [-0.05, 0) is 37.2 Å². The van der Waals surface area contributed by atoms with Gasteiger partial charge in [-0.2, -0.15) is 0 Å². The lowest BCUT2D eigenvalue weighted by Crippen LogP contribution is -2.37. The Hall–Kier alpha value is -1.00. The average Bonchev–Trinajstić information content (AvgIpc) is 2.37. The first-order valence-electron chi connectivity index (χ1n) is 7.24. The lowest BCUT2D eigenvalue weighted by Gasteiger charge is -2.35. The van der Waals surface area contributed by atoms with Crippen LogP contribution in [0.3, 0.4) is 0 Å². The van der Waals surface area contributed by atoms with Gasteiger partial charge in [-0.15, -0.1) is 0 Å². The Morgan fingerprint density at radius 3 is 2.55 bits per heavy atom. The van der Waals surface area contributed by atoms with E-state index in [2.05, 4.69) is 19.2 Å². The molecule has 1 aromatic rings. The summed E-state index contributed by atoms with van der Waals surface area (Å²) in [7, 11) is 0. The van der Waals surface area contributed by atoms with Crippen LogP contribution in [0, 0.1) is 17.0 Å². The van der Waals surface area contributed by atoms with Gasteiger partial charge in [-0.3, -0.25) is 0 Å². The zero-order chi connectivity index (χ0) is 14.8. The molecular weight excluding hydrogens is 260 g/mol. The molecule has 2 N–H and O–H groups in total. The van der Waals surface area contributed by atoms with Gasteiger partial charge in [-0.25, -0.2) is 8.78 Å². The monoisotopic (exact) mass is 283 g/mol. The molecule has 2 nitrogen and oxygen atoms in total. The number of hydrogen-bond acceptors (Lipinski definition) is 2. The molecule has 112 valence electrons. The largest absolute Gasteiger partial charge is 0.387 e. The number of nitrogens with one attached hydrogen (secondary N) is 1. The van der Waals surface area contributed by atoms with Gasteiger partial charge in [0.05, 0.1) is 6.10 Å². The fourth-order valence-electron chi connectivity index (χ4n) is 2.76. The average molecular weight is 283 g/mol. The van der Waals surface area contributed by atoms with Gasteiger partial charge in [0.15, 0.2) is 0 Å². The highest BCUT2D eigenvalue weighted by atomic mass is 19.1. The Bertz CT molecular complexity index is 452. The lowest BCUT2D eigenvalue weighted by molar-refractivity contribution is 0.149. The van der Waals surface area contributed by atoms with Crippen LogP contribution >= 0.6 is 0 Å². The number of halogens is 2. The third kappa shape index (κ3) is 4.00. The minimum Gasteiger partial charge on any atom is -0.387 e. The molecule has 1 aliphatic rings. The number of aliphatic hydroxyl groups is 1. The van der Waals surface area contributed by atoms with Crippen LogP contribution in [-0.4, -0.2) is 17.7 Å². The topological polar surface area (TPSA) is 32.3 Å². The van der Waals surface area contributed by atoms with Gasteiger partial charge in [0.1, 0.15) is 11.6 Å². The van der Waals surface area contributed by atoms with E-state index in [4.69, 9.17) is 0 Å². The van der Waals surface area contributed by atoms with Crippen molar-refractivity contribution in [1.82, 2.24) is 5.32 Å². The quantitative estimate of drug-likeness (QED) is 0.885. The van der Waals surface area contributed by atoms with E-state index in [1.165, 1.54) is 12.1 Å². The summed E-state index contributed by atoms with van der Waals surface area (Å²) in [5, 5.41) is 13.3. The second-order valence-corrected chi connectivity index (χ2v) is 6.53. The Kier molecular flexibility index (Phi) is 4.76. The molecule has 0 amide bonds. The maximum Gasteiger partial charge on any atom is 0.131 e. The molecule has 0 saturated heterocycles. The molecule has 0 bridgehead atoms. The van der Waals surface area contributed by atoms with E-state index in [0.29, 0.717) is 18.0 Å². The van der Waals surface area contributed by atoms with E-state index in [0.717, 1.165) is 31.7 Å². The van der Waals surface area contributed by atoms with Crippen molar-refractivity contribution in [1.29, 1.82) is 0 Å². The van der Waals surface area contributed by atoms with E-state index in [1.54, 1.807) is 0 Å². The minimum atomic E-state index is -0.939. The first-order valence-corrected chi connectivity index (χ1v) is 7.24. The fraction of sp³-hybridized carbons (Fsp3) is 0.625. The summed E-state index contributed by atoms with van der Waals surface area (Å²) in [4.78, 5) is 0. The van der Waals surface area contributed by atoms with Crippen molar-refractivity contribution >= 4 is 0 Å². The fourth-order valence-corrected chi connectivity index (χ4v) is 2.76. The summed E-state index contributed by atoms with van der Waals surface area (Å²) in [6.07, 6.45) is 3.53. The maximum atomic E-state index is 13.5. The molecule has 0 radical (unpaired) electrons. The second kappa shape index (κ2) is 6.19. The number of hydrogen-bond donors (Lipinski definition) is 2. The van der Waals surface area contributed by atoms with Gasteiger partial charge < -0.3 is 10.4 Å². The molecule has 1 fully saturated rings. The summed E-state index contributed by atoms with van der Waals surface area (Å²) in [5.74, 6) is -1.31. The van der Waals surface area contributed by atoms with E-state index in [1.807, 2.05) is 0 Å². The molecular formula is C16H23F2NO. The summed E-state index contributed by atoms with van der Waals surface area (Å²) >= 11 is 0. The van der Waals surface area contributed by atoms with Crippen molar-refractivity contribution in [2.45, 2.75) is 51.7 Å². The minimum absolute atomic E-state index is 0.148. The molecule has 1 aromatic carbocycles. The number of aliphatic hydroxyl groups excluding tert-OH is 1. The Morgan fingerprint density at radius 2 is 1.95 bits per heavy atom. The van der Waals surface area contributed by atoms with Crippen LogP contribution < -0.4 is 5.32 Å². The standard InChI is InChI=1S/C16H23F2NO/c1-16(2)7-5-12(6-8-16)19-10-15(20)13-4-3-11(17)9-14(13)18/h3-4,9,12,15,19-20H,5-8,10H2,1-2H3. The highest BCUT2D eigenvalue weighted by molar-refractivity contribution is 5.21. The van der Waals surface area contributed by atoms with E-state index in [-0.39, 0.29) is 5.56 Å². The van der Waals surface area contributed by atoms with Crippen LogP contribution in [-0.2, 0) is 0 Å². The molecule has 1 aliphatic carbocycles. The number of benzene rings is 1. The first kappa shape index (κ1) is 15.4. The Labute approximate surface area is 119 Å². The Balaban J connectivity index is 1.85. The van der Waals surface area contributed by atoms with Crippen LogP contribution in [0.1, 0.15) is 51.2 Å².